The number of carbonyl (C=O) groups excluding carboxylic acids is 1. The lowest BCUT2D eigenvalue weighted by molar-refractivity contribution is 0.0707. The number of imidazole rings is 1. The lowest BCUT2D eigenvalue weighted by Crippen LogP contribution is -2.38. The highest BCUT2D eigenvalue weighted by molar-refractivity contribution is 5.98. The van der Waals surface area contributed by atoms with E-state index in [9.17, 15) is 13.6 Å². The second kappa shape index (κ2) is 8.39. The molecular weight excluding hydrogens is 448 g/mol. The number of carbonyl (C=O) groups is 1. The summed E-state index contributed by atoms with van der Waals surface area (Å²) in [6, 6.07) is 17.2. The van der Waals surface area contributed by atoms with Crippen molar-refractivity contribution in [3.8, 4) is 22.5 Å². The Morgan fingerprint density at radius 2 is 1.40 bits per heavy atom. The monoisotopic (exact) mass is 467 g/mol. The smallest absolute Gasteiger partial charge is 0.254 e. The van der Waals surface area contributed by atoms with Gasteiger partial charge in [0, 0.05) is 42.2 Å². The van der Waals surface area contributed by atoms with Crippen molar-refractivity contribution in [2.24, 2.45) is 0 Å². The van der Waals surface area contributed by atoms with Crippen molar-refractivity contribution < 1.29 is 13.6 Å². The highest BCUT2D eigenvalue weighted by Crippen LogP contribution is 2.31. The summed E-state index contributed by atoms with van der Waals surface area (Å²) < 4.78 is 29.2. The van der Waals surface area contributed by atoms with Gasteiger partial charge in [-0.25, -0.2) is 23.7 Å². The number of hydrogen-bond acceptors (Lipinski definition) is 4. The van der Waals surface area contributed by atoms with Gasteiger partial charge in [0.15, 0.2) is 0 Å². The largest absolute Gasteiger partial charge is 0.332 e. The molecule has 3 heterocycles. The zero-order chi connectivity index (χ0) is 23.9. The second-order valence-corrected chi connectivity index (χ2v) is 8.40. The van der Waals surface area contributed by atoms with Crippen molar-refractivity contribution in [2.75, 3.05) is 6.54 Å². The van der Waals surface area contributed by atoms with E-state index in [-0.39, 0.29) is 17.5 Å². The van der Waals surface area contributed by atoms with Gasteiger partial charge >= 0.3 is 0 Å². The summed E-state index contributed by atoms with van der Waals surface area (Å²) in [5.41, 5.74) is 4.07. The van der Waals surface area contributed by atoms with Gasteiger partial charge in [0.2, 0.25) is 0 Å². The number of benzene rings is 3. The van der Waals surface area contributed by atoms with Crippen molar-refractivity contribution in [3.05, 3.63) is 102 Å². The van der Waals surface area contributed by atoms with Crippen molar-refractivity contribution in [2.45, 2.75) is 13.1 Å². The van der Waals surface area contributed by atoms with Crippen LogP contribution in [0.3, 0.4) is 0 Å². The van der Waals surface area contributed by atoms with Gasteiger partial charge < -0.3 is 9.47 Å². The van der Waals surface area contributed by atoms with Gasteiger partial charge in [-0.1, -0.05) is 0 Å². The summed E-state index contributed by atoms with van der Waals surface area (Å²) in [5, 5.41) is 0. The fourth-order valence-corrected chi connectivity index (χ4v) is 4.33. The lowest BCUT2D eigenvalue weighted by atomic mass is 10.0. The van der Waals surface area contributed by atoms with E-state index >= 15 is 0 Å². The molecule has 1 aliphatic heterocycles. The number of amides is 1. The molecule has 35 heavy (non-hydrogen) atoms. The third kappa shape index (κ3) is 3.93. The van der Waals surface area contributed by atoms with Gasteiger partial charge in [0.05, 0.1) is 29.0 Å². The van der Waals surface area contributed by atoms with Crippen LogP contribution >= 0.6 is 0 Å². The maximum atomic E-state index is 13.6. The molecule has 8 heteroatoms. The minimum atomic E-state index is -0.360. The molecule has 0 radical (unpaired) electrons. The number of fused-ring (bicyclic) bond motifs is 2. The van der Waals surface area contributed by atoms with E-state index in [2.05, 4.69) is 4.98 Å². The Bertz CT molecular complexity index is 1560. The summed E-state index contributed by atoms with van der Waals surface area (Å²) in [6.45, 7) is 1.74. The highest BCUT2D eigenvalue weighted by Gasteiger charge is 2.23. The molecule has 0 aliphatic carbocycles. The molecule has 1 amide bonds. The van der Waals surface area contributed by atoms with Crippen LogP contribution in [0.2, 0.25) is 0 Å². The van der Waals surface area contributed by atoms with Crippen molar-refractivity contribution in [1.29, 1.82) is 0 Å². The van der Waals surface area contributed by atoms with Gasteiger partial charge in [0.25, 0.3) is 5.91 Å². The molecule has 2 aromatic heterocycles. The fraction of sp³-hybridized carbons (Fsp3) is 0.111. The summed E-state index contributed by atoms with van der Waals surface area (Å²) in [7, 11) is 0. The minimum absolute atomic E-state index is 0.103. The van der Waals surface area contributed by atoms with Crippen LogP contribution in [0.1, 0.15) is 16.2 Å². The van der Waals surface area contributed by atoms with Crippen LogP contribution in [-0.4, -0.2) is 36.9 Å². The van der Waals surface area contributed by atoms with Crippen LogP contribution in [0.25, 0.3) is 33.5 Å². The first-order chi connectivity index (χ1) is 17.0. The highest BCUT2D eigenvalue weighted by atomic mass is 19.1. The van der Waals surface area contributed by atoms with Crippen LogP contribution in [0, 0.1) is 11.6 Å². The lowest BCUT2D eigenvalue weighted by Gasteiger charge is -2.27. The molecule has 0 spiro atoms. The maximum Gasteiger partial charge on any atom is 0.254 e. The summed E-state index contributed by atoms with van der Waals surface area (Å²) in [4.78, 5) is 29.0. The average Bonchev–Trinajstić information content (AvgIpc) is 3.36. The molecule has 0 N–H and O–H groups in total. The predicted octanol–water partition coefficient (Wildman–Crippen LogP) is 5.09. The number of hydrogen-bond donors (Lipinski definition) is 0. The van der Waals surface area contributed by atoms with Crippen molar-refractivity contribution >= 4 is 16.9 Å². The van der Waals surface area contributed by atoms with Crippen molar-refractivity contribution in [1.82, 2.24) is 24.4 Å². The molecule has 6 rings (SSSR count). The van der Waals surface area contributed by atoms with E-state index in [0.29, 0.717) is 58.7 Å². The van der Waals surface area contributed by atoms with Crippen LogP contribution in [0.4, 0.5) is 8.78 Å². The normalized spacial score (nSPS) is 13.1. The van der Waals surface area contributed by atoms with Gasteiger partial charge in [-0.2, -0.15) is 0 Å². The molecular formula is C27H19F2N5O. The van der Waals surface area contributed by atoms with E-state index in [1.54, 1.807) is 53.6 Å². The Morgan fingerprint density at radius 1 is 0.771 bits per heavy atom. The van der Waals surface area contributed by atoms with E-state index in [1.165, 1.54) is 24.3 Å². The first kappa shape index (κ1) is 21.1. The number of halogens is 2. The first-order valence-electron chi connectivity index (χ1n) is 11.2. The van der Waals surface area contributed by atoms with E-state index < -0.39 is 0 Å². The average molecular weight is 467 g/mol. The van der Waals surface area contributed by atoms with Crippen LogP contribution < -0.4 is 0 Å². The minimum Gasteiger partial charge on any atom is -0.332 e. The van der Waals surface area contributed by atoms with Crippen molar-refractivity contribution in [3.63, 3.8) is 0 Å². The van der Waals surface area contributed by atoms with Gasteiger partial charge in [0.1, 0.15) is 17.5 Å². The molecule has 3 aromatic carbocycles. The van der Waals surface area contributed by atoms with Crippen LogP contribution in [0.15, 0.2) is 79.1 Å². The molecule has 5 aromatic rings. The first-order valence-corrected chi connectivity index (χ1v) is 11.2. The Morgan fingerprint density at radius 3 is 2.06 bits per heavy atom. The van der Waals surface area contributed by atoms with E-state index in [1.807, 2.05) is 10.8 Å². The summed E-state index contributed by atoms with van der Waals surface area (Å²) in [5.74, 6) is 0.0386. The molecule has 1 aliphatic rings. The second-order valence-electron chi connectivity index (χ2n) is 8.40. The number of aromatic nitrogens is 4. The Labute approximate surface area is 199 Å². The van der Waals surface area contributed by atoms with Gasteiger partial charge in [-0.3, -0.25) is 4.79 Å². The number of rotatable bonds is 3. The zero-order valence-corrected chi connectivity index (χ0v) is 18.5. The van der Waals surface area contributed by atoms with Crippen LogP contribution in [0.5, 0.6) is 0 Å². The predicted molar refractivity (Wildman–Crippen MR) is 127 cm³/mol. The summed E-state index contributed by atoms with van der Waals surface area (Å²) >= 11 is 0. The molecule has 0 saturated heterocycles. The third-order valence-corrected chi connectivity index (χ3v) is 6.18. The standard InChI is InChI=1S/C27H19F2N5O/c28-20-6-1-17(2-7-20)25-26(18-3-8-21(29)9-4-18)32-23-15-19(5-10-22(23)31-25)27(35)34-14-13-33-12-11-30-24(33)16-34/h1-12,15H,13-14,16H2. The molecule has 0 fully saturated rings. The molecule has 0 bridgehead atoms. The SMILES string of the molecule is O=C(c1ccc2nc(-c3ccc(F)cc3)c(-c3ccc(F)cc3)nc2c1)N1CCn2ccnc2C1. The topological polar surface area (TPSA) is 63.9 Å². The molecule has 0 unspecified atom stereocenters. The van der Waals surface area contributed by atoms with Gasteiger partial charge in [-0.05, 0) is 66.7 Å². The summed E-state index contributed by atoms with van der Waals surface area (Å²) in [6.07, 6.45) is 3.66. The van der Waals surface area contributed by atoms with Gasteiger partial charge in [-0.15, -0.1) is 0 Å². The third-order valence-electron chi connectivity index (χ3n) is 6.18. The Kier molecular flexibility index (Phi) is 5.06. The quantitative estimate of drug-likeness (QED) is 0.371. The van der Waals surface area contributed by atoms with E-state index in [0.717, 1.165) is 5.82 Å². The Hall–Kier alpha value is -4.46. The number of nitrogens with zero attached hydrogens (tertiary/aromatic N) is 5. The molecule has 0 atom stereocenters. The maximum absolute atomic E-state index is 13.6. The van der Waals surface area contributed by atoms with Crippen LogP contribution in [-0.2, 0) is 13.1 Å². The van der Waals surface area contributed by atoms with E-state index in [4.69, 9.17) is 9.97 Å². The molecule has 172 valence electrons. The fourth-order valence-electron chi connectivity index (χ4n) is 4.33. The zero-order valence-electron chi connectivity index (χ0n) is 18.5. The molecule has 6 nitrogen and oxygen atoms in total. The molecule has 0 saturated carbocycles. The Balaban J connectivity index is 1.43.